The predicted octanol–water partition coefficient (Wildman–Crippen LogP) is 3.38. The van der Waals surface area contributed by atoms with Crippen LogP contribution < -0.4 is 5.32 Å². The third kappa shape index (κ3) is 4.67. The van der Waals surface area contributed by atoms with Crippen LogP contribution in [0, 0.1) is 6.92 Å². The summed E-state index contributed by atoms with van der Waals surface area (Å²) in [7, 11) is 1.45. The summed E-state index contributed by atoms with van der Waals surface area (Å²) in [6.07, 6.45) is 2.92. The lowest BCUT2D eigenvalue weighted by Gasteiger charge is -2.22. The molecule has 3 nitrogen and oxygen atoms in total. The van der Waals surface area contributed by atoms with Gasteiger partial charge in [0, 0.05) is 6.04 Å². The molecule has 106 valence electrons. The van der Waals surface area contributed by atoms with E-state index in [0.29, 0.717) is 0 Å². The highest BCUT2D eigenvalue weighted by Crippen LogP contribution is 2.18. The Balaban J connectivity index is 2.72. The highest BCUT2D eigenvalue weighted by atomic mass is 16.5. The molecule has 0 bridgehead atoms. The molecule has 1 aromatic rings. The lowest BCUT2D eigenvalue weighted by molar-refractivity contribution is -0.143. The Hall–Kier alpha value is -1.35. The molecule has 1 aromatic carbocycles. The van der Waals surface area contributed by atoms with Crippen molar-refractivity contribution in [2.75, 3.05) is 7.11 Å². The first-order chi connectivity index (χ1) is 9.10. The number of benzene rings is 1. The van der Waals surface area contributed by atoms with Gasteiger partial charge in [-0.2, -0.15) is 0 Å². The number of carbonyl (C=O) groups excluding carboxylic acids is 1. The summed E-state index contributed by atoms with van der Waals surface area (Å²) < 4.78 is 4.87. The van der Waals surface area contributed by atoms with Crippen molar-refractivity contribution in [2.45, 2.75) is 52.1 Å². The fourth-order valence-corrected chi connectivity index (χ4v) is 2.28. The molecule has 1 unspecified atom stereocenters. The van der Waals surface area contributed by atoms with Gasteiger partial charge >= 0.3 is 5.97 Å². The molecule has 0 aliphatic carbocycles. The number of nitrogens with one attached hydrogen (secondary N) is 1. The van der Waals surface area contributed by atoms with Gasteiger partial charge in [0.25, 0.3) is 0 Å². The number of unbranched alkanes of at least 4 members (excludes halogenated alkanes) is 1. The van der Waals surface area contributed by atoms with Gasteiger partial charge in [-0.3, -0.25) is 10.1 Å². The predicted molar refractivity (Wildman–Crippen MR) is 78.1 cm³/mol. The van der Waals surface area contributed by atoms with E-state index in [0.717, 1.165) is 19.3 Å². The van der Waals surface area contributed by atoms with Crippen LogP contribution in [0.15, 0.2) is 24.3 Å². The van der Waals surface area contributed by atoms with Crippen molar-refractivity contribution in [1.82, 2.24) is 5.32 Å². The summed E-state index contributed by atoms with van der Waals surface area (Å²) in [6.45, 7) is 6.30. The van der Waals surface area contributed by atoms with E-state index in [2.05, 4.69) is 38.2 Å². The Labute approximate surface area is 116 Å². The fourth-order valence-electron chi connectivity index (χ4n) is 2.28. The standard InChI is InChI=1S/C16H25NO2/c1-5-6-11-15(16(18)19-4)17-13(3)14-10-8-7-9-12(14)2/h7-10,13,15,17H,5-6,11H2,1-4H3/t13-,15?/m0/s1. The van der Waals surface area contributed by atoms with Crippen LogP contribution in [-0.2, 0) is 9.53 Å². The van der Waals surface area contributed by atoms with Gasteiger partial charge in [0.15, 0.2) is 0 Å². The first-order valence-electron chi connectivity index (χ1n) is 6.99. The first kappa shape index (κ1) is 15.7. The molecule has 1 rings (SSSR count). The van der Waals surface area contributed by atoms with Crippen LogP contribution in [0.3, 0.4) is 0 Å². The third-order valence-corrected chi connectivity index (χ3v) is 3.44. The van der Waals surface area contributed by atoms with Gasteiger partial charge in [-0.1, -0.05) is 44.0 Å². The van der Waals surface area contributed by atoms with Crippen molar-refractivity contribution in [1.29, 1.82) is 0 Å². The molecule has 0 fully saturated rings. The average molecular weight is 263 g/mol. The number of rotatable bonds is 7. The molecular formula is C16H25NO2. The first-order valence-corrected chi connectivity index (χ1v) is 6.99. The van der Waals surface area contributed by atoms with Gasteiger partial charge in [0.1, 0.15) is 6.04 Å². The summed E-state index contributed by atoms with van der Waals surface area (Å²) >= 11 is 0. The lowest BCUT2D eigenvalue weighted by Crippen LogP contribution is -2.39. The number of ether oxygens (including phenoxy) is 1. The molecule has 3 heteroatoms. The quantitative estimate of drug-likeness (QED) is 0.766. The maximum absolute atomic E-state index is 11.8. The average Bonchev–Trinajstić information content (AvgIpc) is 2.42. The maximum atomic E-state index is 11.8. The Bertz CT molecular complexity index is 403. The van der Waals surface area contributed by atoms with Crippen molar-refractivity contribution in [3.8, 4) is 0 Å². The van der Waals surface area contributed by atoms with Crippen LogP contribution in [0.1, 0.15) is 50.3 Å². The molecule has 0 spiro atoms. The van der Waals surface area contributed by atoms with Crippen LogP contribution >= 0.6 is 0 Å². The van der Waals surface area contributed by atoms with Gasteiger partial charge in [-0.25, -0.2) is 0 Å². The minimum atomic E-state index is -0.223. The Morgan fingerprint density at radius 2 is 2.05 bits per heavy atom. The smallest absolute Gasteiger partial charge is 0.322 e. The zero-order valence-electron chi connectivity index (χ0n) is 12.4. The second-order valence-corrected chi connectivity index (χ2v) is 4.96. The molecule has 0 aliphatic heterocycles. The fraction of sp³-hybridized carbons (Fsp3) is 0.562. The van der Waals surface area contributed by atoms with Crippen LogP contribution in [0.4, 0.5) is 0 Å². The van der Waals surface area contributed by atoms with Crippen molar-refractivity contribution in [3.63, 3.8) is 0 Å². The number of aryl methyl sites for hydroxylation is 1. The third-order valence-electron chi connectivity index (χ3n) is 3.44. The summed E-state index contributed by atoms with van der Waals surface area (Å²) in [5.74, 6) is -0.172. The van der Waals surface area contributed by atoms with E-state index in [9.17, 15) is 4.79 Å². The molecule has 0 aliphatic rings. The number of hydrogen-bond donors (Lipinski definition) is 1. The van der Waals surface area contributed by atoms with Crippen molar-refractivity contribution in [3.05, 3.63) is 35.4 Å². The van der Waals surface area contributed by atoms with Gasteiger partial charge in [0.05, 0.1) is 7.11 Å². The molecule has 2 atom stereocenters. The summed E-state index contributed by atoms with van der Waals surface area (Å²) in [6, 6.07) is 8.16. The number of esters is 1. The van der Waals surface area contributed by atoms with E-state index in [4.69, 9.17) is 4.74 Å². The minimum absolute atomic E-state index is 0.141. The number of hydrogen-bond acceptors (Lipinski definition) is 3. The van der Waals surface area contributed by atoms with E-state index in [1.54, 1.807) is 0 Å². The monoisotopic (exact) mass is 263 g/mol. The molecular weight excluding hydrogens is 238 g/mol. The van der Waals surface area contributed by atoms with Crippen LogP contribution in [0.5, 0.6) is 0 Å². The molecule has 0 saturated carbocycles. The van der Waals surface area contributed by atoms with Gasteiger partial charge in [-0.15, -0.1) is 0 Å². The van der Waals surface area contributed by atoms with Crippen LogP contribution in [0.25, 0.3) is 0 Å². The topological polar surface area (TPSA) is 38.3 Å². The highest BCUT2D eigenvalue weighted by Gasteiger charge is 2.21. The number of methoxy groups -OCH3 is 1. The van der Waals surface area contributed by atoms with Crippen molar-refractivity contribution < 1.29 is 9.53 Å². The van der Waals surface area contributed by atoms with E-state index in [-0.39, 0.29) is 18.1 Å². The second-order valence-electron chi connectivity index (χ2n) is 4.96. The second kappa shape index (κ2) is 7.95. The summed E-state index contributed by atoms with van der Waals surface area (Å²) in [5, 5.41) is 3.39. The van der Waals surface area contributed by atoms with Crippen molar-refractivity contribution in [2.24, 2.45) is 0 Å². The molecule has 0 radical (unpaired) electrons. The molecule has 0 aromatic heterocycles. The maximum Gasteiger partial charge on any atom is 0.322 e. The molecule has 0 amide bonds. The Morgan fingerprint density at radius 1 is 1.37 bits per heavy atom. The largest absolute Gasteiger partial charge is 0.468 e. The minimum Gasteiger partial charge on any atom is -0.468 e. The van der Waals surface area contributed by atoms with Crippen LogP contribution in [0.2, 0.25) is 0 Å². The lowest BCUT2D eigenvalue weighted by atomic mass is 10.0. The van der Waals surface area contributed by atoms with Gasteiger partial charge in [0.2, 0.25) is 0 Å². The SMILES string of the molecule is CCCCC(N[C@@H](C)c1ccccc1C)C(=O)OC. The summed E-state index contributed by atoms with van der Waals surface area (Å²) in [5.41, 5.74) is 2.47. The van der Waals surface area contributed by atoms with Crippen LogP contribution in [-0.4, -0.2) is 19.1 Å². The molecule has 0 saturated heterocycles. The molecule has 0 heterocycles. The molecule has 19 heavy (non-hydrogen) atoms. The zero-order valence-corrected chi connectivity index (χ0v) is 12.4. The van der Waals surface area contributed by atoms with Gasteiger partial charge < -0.3 is 4.74 Å². The van der Waals surface area contributed by atoms with E-state index in [1.807, 2.05) is 12.1 Å². The summed E-state index contributed by atoms with van der Waals surface area (Å²) in [4.78, 5) is 11.8. The zero-order chi connectivity index (χ0) is 14.3. The highest BCUT2D eigenvalue weighted by molar-refractivity contribution is 5.75. The Morgan fingerprint density at radius 3 is 2.63 bits per heavy atom. The Kier molecular flexibility index (Phi) is 6.57. The van der Waals surface area contributed by atoms with E-state index >= 15 is 0 Å². The number of carbonyl (C=O) groups is 1. The van der Waals surface area contributed by atoms with Crippen molar-refractivity contribution >= 4 is 5.97 Å². The molecule has 1 N–H and O–H groups in total. The van der Waals surface area contributed by atoms with E-state index < -0.39 is 0 Å². The van der Waals surface area contributed by atoms with E-state index in [1.165, 1.54) is 18.2 Å². The normalized spacial score (nSPS) is 13.9. The van der Waals surface area contributed by atoms with Gasteiger partial charge in [-0.05, 0) is 31.4 Å².